The molecule has 0 aliphatic rings. The molecule has 2 rings (SSSR count). The second-order valence-corrected chi connectivity index (χ2v) is 11.3. The molecule has 0 aromatic carbocycles. The first-order valence-corrected chi connectivity index (χ1v) is 14.0. The Morgan fingerprint density at radius 1 is 1.05 bits per heavy atom. The Labute approximate surface area is 226 Å². The predicted octanol–water partition coefficient (Wildman–Crippen LogP) is 3.21. The number of urea groups is 1. The lowest BCUT2D eigenvalue weighted by atomic mass is 10.1. The summed E-state index contributed by atoms with van der Waals surface area (Å²) >= 11 is 2.96. The van der Waals surface area contributed by atoms with Crippen LogP contribution in [0.1, 0.15) is 69.0 Å². The number of hydrogen-bond acceptors (Lipinski definition) is 9. The third-order valence-electron chi connectivity index (χ3n) is 5.47. The van der Waals surface area contributed by atoms with Gasteiger partial charge in [-0.2, -0.15) is 0 Å². The Kier molecular flexibility index (Phi) is 12.2. The van der Waals surface area contributed by atoms with E-state index in [4.69, 9.17) is 4.74 Å². The quantitative estimate of drug-likeness (QED) is 0.297. The zero-order valence-corrected chi connectivity index (χ0v) is 23.8. The highest BCUT2D eigenvalue weighted by molar-refractivity contribution is 7.09. The van der Waals surface area contributed by atoms with Gasteiger partial charge < -0.3 is 30.7 Å². The van der Waals surface area contributed by atoms with Gasteiger partial charge >= 0.3 is 12.1 Å². The molecule has 4 amide bonds. The number of ether oxygens (including phenoxy) is 1. The summed E-state index contributed by atoms with van der Waals surface area (Å²) in [6, 6.07) is -2.01. The second-order valence-electron chi connectivity index (χ2n) is 9.43. The zero-order valence-electron chi connectivity index (χ0n) is 22.2. The van der Waals surface area contributed by atoms with Crippen LogP contribution in [0.25, 0.3) is 0 Å². The summed E-state index contributed by atoms with van der Waals surface area (Å²) < 4.78 is 5.17. The standard InChI is InChI=1S/C24H38N6O5S2/c1-14(2)22-28-18(12-36-22)10-30(6)23(33)29-20(17(5)31)21(32)26-15(3)7-8-16(4)27-24(34)35-11-19-9-25-13-37-19/h9,12-17,20,31H,7-8,10-11H2,1-6H3,(H,26,32)(H,27,34)(H,29,33)/t15-,16-,17+,20-/m0/s1. The Balaban J connectivity index is 1.76. The monoisotopic (exact) mass is 554 g/mol. The Bertz CT molecular complexity index is 998. The molecule has 2 heterocycles. The fraction of sp³-hybridized carbons (Fsp3) is 0.625. The van der Waals surface area contributed by atoms with Crippen molar-refractivity contribution in [2.24, 2.45) is 0 Å². The van der Waals surface area contributed by atoms with Gasteiger partial charge in [-0.15, -0.1) is 22.7 Å². The van der Waals surface area contributed by atoms with Crippen molar-refractivity contribution in [3.05, 3.63) is 32.7 Å². The van der Waals surface area contributed by atoms with Gasteiger partial charge in [0.2, 0.25) is 5.91 Å². The minimum atomic E-state index is -1.11. The van der Waals surface area contributed by atoms with Crippen molar-refractivity contribution < 1.29 is 24.2 Å². The van der Waals surface area contributed by atoms with E-state index in [1.54, 1.807) is 30.1 Å². The number of carbonyl (C=O) groups is 3. The van der Waals surface area contributed by atoms with E-state index >= 15 is 0 Å². The molecule has 0 saturated heterocycles. The van der Waals surface area contributed by atoms with E-state index in [0.29, 0.717) is 18.8 Å². The maximum absolute atomic E-state index is 12.8. The third-order valence-corrected chi connectivity index (χ3v) is 7.41. The number of carbonyl (C=O) groups excluding carboxylic acids is 3. The van der Waals surface area contributed by atoms with E-state index in [2.05, 4.69) is 39.8 Å². The number of amides is 4. The predicted molar refractivity (Wildman–Crippen MR) is 143 cm³/mol. The van der Waals surface area contributed by atoms with Crippen molar-refractivity contribution in [1.29, 1.82) is 0 Å². The van der Waals surface area contributed by atoms with Gasteiger partial charge in [-0.3, -0.25) is 9.78 Å². The summed E-state index contributed by atoms with van der Waals surface area (Å²) in [7, 11) is 1.61. The van der Waals surface area contributed by atoms with Crippen molar-refractivity contribution in [2.75, 3.05) is 7.05 Å². The largest absolute Gasteiger partial charge is 0.444 e. The first kappa shape index (κ1) is 30.5. The second kappa shape index (κ2) is 14.8. The maximum Gasteiger partial charge on any atom is 0.407 e. The number of nitrogens with zero attached hydrogens (tertiary/aromatic N) is 3. The van der Waals surface area contributed by atoms with Crippen LogP contribution in [-0.4, -0.2) is 69.3 Å². The van der Waals surface area contributed by atoms with E-state index < -0.39 is 30.2 Å². The van der Waals surface area contributed by atoms with Gasteiger partial charge in [0.15, 0.2) is 0 Å². The van der Waals surface area contributed by atoms with Crippen LogP contribution in [-0.2, 0) is 22.7 Å². The fourth-order valence-electron chi connectivity index (χ4n) is 3.29. The van der Waals surface area contributed by atoms with E-state index in [9.17, 15) is 19.5 Å². The first-order chi connectivity index (χ1) is 17.5. The number of aromatic nitrogens is 2. The van der Waals surface area contributed by atoms with Crippen LogP contribution in [0.2, 0.25) is 0 Å². The van der Waals surface area contributed by atoms with Crippen LogP contribution in [0.4, 0.5) is 9.59 Å². The molecule has 37 heavy (non-hydrogen) atoms. The molecular weight excluding hydrogens is 516 g/mol. The van der Waals surface area contributed by atoms with Gasteiger partial charge in [0.25, 0.3) is 0 Å². The zero-order chi connectivity index (χ0) is 27.5. The number of alkyl carbamates (subject to hydrolysis) is 1. The van der Waals surface area contributed by atoms with Crippen molar-refractivity contribution >= 4 is 40.7 Å². The molecule has 0 radical (unpaired) electrons. The molecule has 4 N–H and O–H groups in total. The molecule has 0 saturated carbocycles. The van der Waals surface area contributed by atoms with Crippen LogP contribution in [0.3, 0.4) is 0 Å². The molecule has 0 aliphatic carbocycles. The SMILES string of the molecule is CC(C)c1nc(CN(C)C(=O)N[C@H](C(=O)N[C@@H](C)CC[C@H](C)NC(=O)OCc2cncs2)[C@@H](C)O)cs1. The number of rotatable bonds is 13. The van der Waals surface area contributed by atoms with Crippen LogP contribution >= 0.6 is 22.7 Å². The van der Waals surface area contributed by atoms with E-state index in [-0.39, 0.29) is 25.2 Å². The van der Waals surface area contributed by atoms with Crippen LogP contribution < -0.4 is 16.0 Å². The van der Waals surface area contributed by atoms with Gasteiger partial charge in [0.05, 0.1) is 33.7 Å². The Morgan fingerprint density at radius 2 is 1.73 bits per heavy atom. The lowest BCUT2D eigenvalue weighted by Crippen LogP contribution is -2.56. The molecule has 2 aromatic heterocycles. The summed E-state index contributed by atoms with van der Waals surface area (Å²) in [5, 5.41) is 21.3. The smallest absolute Gasteiger partial charge is 0.407 e. The van der Waals surface area contributed by atoms with Gasteiger partial charge in [-0.25, -0.2) is 14.6 Å². The average molecular weight is 555 g/mol. The topological polar surface area (TPSA) is 146 Å². The highest BCUT2D eigenvalue weighted by Crippen LogP contribution is 2.19. The van der Waals surface area contributed by atoms with Gasteiger partial charge in [-0.1, -0.05) is 13.8 Å². The lowest BCUT2D eigenvalue weighted by molar-refractivity contribution is -0.126. The van der Waals surface area contributed by atoms with Crippen molar-refractivity contribution in [2.45, 2.75) is 90.8 Å². The summed E-state index contributed by atoms with van der Waals surface area (Å²) in [6.45, 7) is 9.70. The highest BCUT2D eigenvalue weighted by atomic mass is 32.1. The number of aliphatic hydroxyl groups excluding tert-OH is 1. The van der Waals surface area contributed by atoms with Gasteiger partial charge in [0, 0.05) is 36.6 Å². The van der Waals surface area contributed by atoms with E-state index in [1.807, 2.05) is 19.2 Å². The van der Waals surface area contributed by atoms with Crippen molar-refractivity contribution in [1.82, 2.24) is 30.8 Å². The molecule has 206 valence electrons. The number of thiazole rings is 2. The summed E-state index contributed by atoms with van der Waals surface area (Å²) in [5.41, 5.74) is 2.44. The van der Waals surface area contributed by atoms with Crippen molar-refractivity contribution in [3.8, 4) is 0 Å². The van der Waals surface area contributed by atoms with E-state index in [0.717, 1.165) is 15.6 Å². The van der Waals surface area contributed by atoms with E-state index in [1.165, 1.54) is 23.2 Å². The van der Waals surface area contributed by atoms with Crippen molar-refractivity contribution in [3.63, 3.8) is 0 Å². The Morgan fingerprint density at radius 3 is 2.30 bits per heavy atom. The fourth-order valence-corrected chi connectivity index (χ4v) is 4.63. The number of aliphatic hydroxyl groups is 1. The molecule has 0 unspecified atom stereocenters. The average Bonchev–Trinajstić information content (AvgIpc) is 3.51. The molecule has 0 bridgehead atoms. The van der Waals surface area contributed by atoms with Crippen LogP contribution in [0.15, 0.2) is 17.1 Å². The number of nitrogens with one attached hydrogen (secondary N) is 3. The molecule has 13 heteroatoms. The maximum atomic E-state index is 12.8. The minimum Gasteiger partial charge on any atom is -0.444 e. The lowest BCUT2D eigenvalue weighted by Gasteiger charge is -2.26. The van der Waals surface area contributed by atoms with Crippen LogP contribution in [0, 0.1) is 0 Å². The normalized spacial score (nSPS) is 14.4. The Hall–Kier alpha value is -2.77. The first-order valence-electron chi connectivity index (χ1n) is 12.2. The summed E-state index contributed by atoms with van der Waals surface area (Å²) in [4.78, 5) is 48.2. The number of hydrogen-bond donors (Lipinski definition) is 4. The molecule has 11 nitrogen and oxygen atoms in total. The summed E-state index contributed by atoms with van der Waals surface area (Å²) in [5.74, 6) is -0.172. The molecule has 0 aliphatic heterocycles. The van der Waals surface area contributed by atoms with Gasteiger partial charge in [0.1, 0.15) is 12.6 Å². The van der Waals surface area contributed by atoms with Crippen LogP contribution in [0.5, 0.6) is 0 Å². The van der Waals surface area contributed by atoms with Gasteiger partial charge in [-0.05, 0) is 33.6 Å². The summed E-state index contributed by atoms with van der Waals surface area (Å²) in [6.07, 6.45) is 1.21. The molecule has 0 spiro atoms. The molecular formula is C24H38N6O5S2. The third kappa shape index (κ3) is 10.6. The molecule has 4 atom stereocenters. The minimum absolute atomic E-state index is 0.167. The highest BCUT2D eigenvalue weighted by Gasteiger charge is 2.28. The molecule has 2 aromatic rings. The molecule has 0 fully saturated rings.